The van der Waals surface area contributed by atoms with E-state index < -0.39 is 5.97 Å². The Bertz CT molecular complexity index is 593. The Morgan fingerprint density at radius 2 is 1.89 bits per heavy atom. The zero-order chi connectivity index (χ0) is 13.1. The van der Waals surface area contributed by atoms with Gasteiger partial charge >= 0.3 is 5.97 Å². The minimum atomic E-state index is -1.03. The zero-order valence-corrected chi connectivity index (χ0v) is 9.68. The first-order valence-electron chi connectivity index (χ1n) is 5.33. The van der Waals surface area contributed by atoms with Crippen molar-refractivity contribution in [1.82, 2.24) is 0 Å². The molecular formula is C14H11FO3. The van der Waals surface area contributed by atoms with Gasteiger partial charge in [0.15, 0.2) is 0 Å². The normalized spacial score (nSPS) is 10.1. The Labute approximate surface area is 103 Å². The molecule has 2 rings (SSSR count). The van der Waals surface area contributed by atoms with Crippen molar-refractivity contribution >= 4 is 5.97 Å². The van der Waals surface area contributed by atoms with Crippen LogP contribution >= 0.6 is 0 Å². The lowest BCUT2D eigenvalue weighted by Crippen LogP contribution is -1.96. The van der Waals surface area contributed by atoms with Crippen LogP contribution in [0.25, 0.3) is 0 Å². The van der Waals surface area contributed by atoms with Gasteiger partial charge in [0, 0.05) is 6.07 Å². The highest BCUT2D eigenvalue weighted by molar-refractivity contribution is 5.88. The average Bonchev–Trinajstić information content (AvgIpc) is 2.34. The van der Waals surface area contributed by atoms with Crippen molar-refractivity contribution in [2.45, 2.75) is 6.92 Å². The maximum atomic E-state index is 13.3. The number of aryl methyl sites for hydroxylation is 1. The standard InChI is InChI=1S/C14H11FO3/c1-9-5-6-12(8-13(9)15)18-11-4-2-3-10(7-11)14(16)17/h2-8H,1H3,(H,16,17). The van der Waals surface area contributed by atoms with E-state index in [0.29, 0.717) is 17.1 Å². The van der Waals surface area contributed by atoms with E-state index in [4.69, 9.17) is 9.84 Å². The third-order valence-electron chi connectivity index (χ3n) is 2.46. The first-order valence-corrected chi connectivity index (χ1v) is 5.33. The molecule has 0 fully saturated rings. The minimum absolute atomic E-state index is 0.125. The molecule has 0 unspecified atom stereocenters. The molecular weight excluding hydrogens is 235 g/mol. The van der Waals surface area contributed by atoms with E-state index in [-0.39, 0.29) is 11.4 Å². The topological polar surface area (TPSA) is 46.5 Å². The Morgan fingerprint density at radius 1 is 1.17 bits per heavy atom. The lowest BCUT2D eigenvalue weighted by atomic mass is 10.2. The molecule has 2 aromatic rings. The van der Waals surface area contributed by atoms with Crippen molar-refractivity contribution in [2.75, 3.05) is 0 Å². The smallest absolute Gasteiger partial charge is 0.335 e. The van der Waals surface area contributed by atoms with E-state index in [1.165, 1.54) is 18.2 Å². The summed E-state index contributed by atoms with van der Waals surface area (Å²) in [6.45, 7) is 1.66. The van der Waals surface area contributed by atoms with Crippen LogP contribution in [0.3, 0.4) is 0 Å². The van der Waals surface area contributed by atoms with Crippen molar-refractivity contribution in [3.63, 3.8) is 0 Å². The van der Waals surface area contributed by atoms with Crippen LogP contribution in [0.2, 0.25) is 0 Å². The number of ether oxygens (including phenoxy) is 1. The Morgan fingerprint density at radius 3 is 2.56 bits per heavy atom. The van der Waals surface area contributed by atoms with Crippen LogP contribution < -0.4 is 4.74 Å². The van der Waals surface area contributed by atoms with Crippen molar-refractivity contribution in [3.05, 3.63) is 59.4 Å². The molecule has 18 heavy (non-hydrogen) atoms. The maximum absolute atomic E-state index is 13.3. The van der Waals surface area contributed by atoms with Crippen LogP contribution in [0.15, 0.2) is 42.5 Å². The predicted molar refractivity (Wildman–Crippen MR) is 64.6 cm³/mol. The number of rotatable bonds is 3. The SMILES string of the molecule is Cc1ccc(Oc2cccc(C(=O)O)c2)cc1F. The van der Waals surface area contributed by atoms with Gasteiger partial charge in [0.2, 0.25) is 0 Å². The van der Waals surface area contributed by atoms with Gasteiger partial charge in [-0.25, -0.2) is 9.18 Å². The number of benzene rings is 2. The third kappa shape index (κ3) is 2.66. The summed E-state index contributed by atoms with van der Waals surface area (Å²) < 4.78 is 18.7. The van der Waals surface area contributed by atoms with Crippen molar-refractivity contribution in [3.8, 4) is 11.5 Å². The fraction of sp³-hybridized carbons (Fsp3) is 0.0714. The number of halogens is 1. The Hall–Kier alpha value is -2.36. The Balaban J connectivity index is 2.25. The molecule has 92 valence electrons. The van der Waals surface area contributed by atoms with Gasteiger partial charge in [0.25, 0.3) is 0 Å². The van der Waals surface area contributed by atoms with E-state index >= 15 is 0 Å². The Kier molecular flexibility index (Phi) is 3.28. The highest BCUT2D eigenvalue weighted by Gasteiger charge is 2.05. The van der Waals surface area contributed by atoms with Crippen LogP contribution in [0, 0.1) is 12.7 Å². The molecule has 0 heterocycles. The molecule has 0 radical (unpaired) electrons. The highest BCUT2D eigenvalue weighted by Crippen LogP contribution is 2.24. The number of hydrogen-bond donors (Lipinski definition) is 1. The fourth-order valence-electron chi connectivity index (χ4n) is 1.47. The monoisotopic (exact) mass is 246 g/mol. The van der Waals surface area contributed by atoms with Gasteiger partial charge in [-0.3, -0.25) is 0 Å². The number of carboxylic acids is 1. The van der Waals surface area contributed by atoms with Crippen molar-refractivity contribution in [1.29, 1.82) is 0 Å². The summed E-state index contributed by atoms with van der Waals surface area (Å²) in [7, 11) is 0. The molecule has 0 aromatic heterocycles. The van der Waals surface area contributed by atoms with Crippen LogP contribution in [-0.4, -0.2) is 11.1 Å². The second-order valence-electron chi connectivity index (χ2n) is 3.85. The third-order valence-corrected chi connectivity index (χ3v) is 2.46. The number of hydrogen-bond acceptors (Lipinski definition) is 2. The van der Waals surface area contributed by atoms with Crippen molar-refractivity contribution in [2.24, 2.45) is 0 Å². The quantitative estimate of drug-likeness (QED) is 0.899. The molecule has 0 aliphatic rings. The highest BCUT2D eigenvalue weighted by atomic mass is 19.1. The van der Waals surface area contributed by atoms with E-state index in [9.17, 15) is 9.18 Å². The van der Waals surface area contributed by atoms with Crippen molar-refractivity contribution < 1.29 is 19.0 Å². The second kappa shape index (κ2) is 4.87. The molecule has 4 heteroatoms. The molecule has 0 saturated heterocycles. The minimum Gasteiger partial charge on any atom is -0.478 e. The molecule has 0 bridgehead atoms. The van der Waals surface area contributed by atoms with Gasteiger partial charge in [-0.15, -0.1) is 0 Å². The first-order chi connectivity index (χ1) is 8.56. The summed E-state index contributed by atoms with van der Waals surface area (Å²) in [5.41, 5.74) is 0.654. The van der Waals surface area contributed by atoms with Gasteiger partial charge in [0.1, 0.15) is 17.3 Å². The average molecular weight is 246 g/mol. The van der Waals surface area contributed by atoms with Gasteiger partial charge in [-0.2, -0.15) is 0 Å². The van der Waals surface area contributed by atoms with E-state index in [2.05, 4.69) is 0 Å². The molecule has 0 spiro atoms. The van der Waals surface area contributed by atoms with Gasteiger partial charge in [-0.1, -0.05) is 12.1 Å². The van der Waals surface area contributed by atoms with Gasteiger partial charge in [-0.05, 0) is 36.8 Å². The van der Waals surface area contributed by atoms with Crippen LogP contribution in [-0.2, 0) is 0 Å². The second-order valence-corrected chi connectivity index (χ2v) is 3.85. The first kappa shape index (κ1) is 12.1. The van der Waals surface area contributed by atoms with Crippen LogP contribution in [0.5, 0.6) is 11.5 Å². The summed E-state index contributed by atoms with van der Waals surface area (Å²) in [5.74, 6) is -0.698. The summed E-state index contributed by atoms with van der Waals surface area (Å²) in [6, 6.07) is 10.5. The summed E-state index contributed by atoms with van der Waals surface area (Å²) in [6.07, 6.45) is 0. The predicted octanol–water partition coefficient (Wildman–Crippen LogP) is 3.62. The number of aromatic carboxylic acids is 1. The van der Waals surface area contributed by atoms with Crippen LogP contribution in [0.4, 0.5) is 4.39 Å². The lowest BCUT2D eigenvalue weighted by molar-refractivity contribution is 0.0696. The molecule has 0 saturated carbocycles. The molecule has 1 N–H and O–H groups in total. The maximum Gasteiger partial charge on any atom is 0.335 e. The summed E-state index contributed by atoms with van der Waals surface area (Å²) in [4.78, 5) is 10.8. The summed E-state index contributed by atoms with van der Waals surface area (Å²) >= 11 is 0. The van der Waals surface area contributed by atoms with E-state index in [1.807, 2.05) is 0 Å². The molecule has 0 aliphatic heterocycles. The van der Waals surface area contributed by atoms with E-state index in [1.54, 1.807) is 31.2 Å². The summed E-state index contributed by atoms with van der Waals surface area (Å²) in [5, 5.41) is 8.84. The zero-order valence-electron chi connectivity index (χ0n) is 9.68. The van der Waals surface area contributed by atoms with Crippen LogP contribution in [0.1, 0.15) is 15.9 Å². The largest absolute Gasteiger partial charge is 0.478 e. The number of carboxylic acid groups (broad SMARTS) is 1. The number of carbonyl (C=O) groups is 1. The molecule has 0 aliphatic carbocycles. The molecule has 2 aromatic carbocycles. The molecule has 3 nitrogen and oxygen atoms in total. The van der Waals surface area contributed by atoms with Gasteiger partial charge < -0.3 is 9.84 Å². The molecule has 0 atom stereocenters. The van der Waals surface area contributed by atoms with E-state index in [0.717, 1.165) is 0 Å². The van der Waals surface area contributed by atoms with Gasteiger partial charge in [0.05, 0.1) is 5.56 Å². The lowest BCUT2D eigenvalue weighted by Gasteiger charge is -2.07. The molecule has 0 amide bonds. The fourth-order valence-corrected chi connectivity index (χ4v) is 1.47.